The number of hydroxylamine groups is 1. The van der Waals surface area contributed by atoms with Crippen LogP contribution in [-0.4, -0.2) is 15.7 Å². The van der Waals surface area contributed by atoms with Crippen LogP contribution in [0, 0.1) is 0 Å². The third-order valence-electron chi connectivity index (χ3n) is 3.13. The fourth-order valence-corrected chi connectivity index (χ4v) is 2.23. The van der Waals surface area contributed by atoms with Gasteiger partial charge in [-0.25, -0.2) is 5.48 Å². The molecule has 1 heterocycles. The van der Waals surface area contributed by atoms with Crippen LogP contribution in [0.3, 0.4) is 0 Å². The summed E-state index contributed by atoms with van der Waals surface area (Å²) in [5.74, 6) is -0.676. The van der Waals surface area contributed by atoms with Crippen molar-refractivity contribution in [2.24, 2.45) is 0 Å². The van der Waals surface area contributed by atoms with Gasteiger partial charge in [-0.3, -0.25) is 14.8 Å². The number of hydrogen-bond donors (Lipinski definition) is 2. The summed E-state index contributed by atoms with van der Waals surface area (Å²) in [6, 6.07) is 11.3. The van der Waals surface area contributed by atoms with Crippen LogP contribution in [0.4, 0.5) is 0 Å². The zero-order chi connectivity index (χ0) is 15.9. The van der Waals surface area contributed by atoms with Crippen molar-refractivity contribution in [3.63, 3.8) is 0 Å². The summed E-state index contributed by atoms with van der Waals surface area (Å²) >= 11 is 3.38. The summed E-state index contributed by atoms with van der Waals surface area (Å²) in [5, 5.41) is 8.43. The Labute approximate surface area is 136 Å². The first-order chi connectivity index (χ1) is 10.6. The smallest absolute Gasteiger partial charge is 0.267 e. The van der Waals surface area contributed by atoms with Crippen molar-refractivity contribution in [3.8, 4) is 0 Å². The number of aryl methyl sites for hydroxylation is 2. The molecule has 2 aromatic rings. The van der Waals surface area contributed by atoms with E-state index < -0.39 is 5.91 Å². The Morgan fingerprint density at radius 1 is 1.27 bits per heavy atom. The lowest BCUT2D eigenvalue weighted by Crippen LogP contribution is -2.22. The fraction of sp³-hybridized carbons (Fsp3) is 0.125. The van der Waals surface area contributed by atoms with Crippen molar-refractivity contribution in [1.82, 2.24) is 10.0 Å². The molecule has 1 aromatic heterocycles. The molecule has 0 atom stereocenters. The first-order valence-electron chi connectivity index (χ1n) is 6.66. The van der Waals surface area contributed by atoms with E-state index in [0.29, 0.717) is 12.1 Å². The van der Waals surface area contributed by atoms with Gasteiger partial charge in [-0.1, -0.05) is 28.1 Å². The zero-order valence-corrected chi connectivity index (χ0v) is 13.3. The molecule has 0 aliphatic rings. The van der Waals surface area contributed by atoms with Crippen LogP contribution in [0.1, 0.15) is 11.1 Å². The van der Waals surface area contributed by atoms with Gasteiger partial charge in [0.25, 0.3) is 11.5 Å². The van der Waals surface area contributed by atoms with E-state index in [2.05, 4.69) is 15.9 Å². The van der Waals surface area contributed by atoms with E-state index in [4.69, 9.17) is 5.21 Å². The predicted molar refractivity (Wildman–Crippen MR) is 87.5 cm³/mol. The average Bonchev–Trinajstić information content (AvgIpc) is 2.54. The maximum atomic E-state index is 12.3. The lowest BCUT2D eigenvalue weighted by molar-refractivity contribution is -0.124. The highest BCUT2D eigenvalue weighted by atomic mass is 79.9. The molecule has 0 spiro atoms. The van der Waals surface area contributed by atoms with Crippen LogP contribution in [0.5, 0.6) is 0 Å². The van der Waals surface area contributed by atoms with E-state index in [9.17, 15) is 9.59 Å². The predicted octanol–water partition coefficient (Wildman–Crippen LogP) is 2.37. The Morgan fingerprint density at radius 2 is 2.00 bits per heavy atom. The van der Waals surface area contributed by atoms with Crippen LogP contribution in [-0.2, 0) is 17.8 Å². The summed E-state index contributed by atoms with van der Waals surface area (Å²) in [5.41, 5.74) is 2.83. The highest BCUT2D eigenvalue weighted by Gasteiger charge is 2.02. The van der Waals surface area contributed by atoms with E-state index in [-0.39, 0.29) is 5.56 Å². The van der Waals surface area contributed by atoms with Gasteiger partial charge in [0.1, 0.15) is 0 Å². The third-order valence-corrected chi connectivity index (χ3v) is 3.66. The van der Waals surface area contributed by atoms with Gasteiger partial charge in [-0.2, -0.15) is 0 Å². The second kappa shape index (κ2) is 7.72. The minimum Gasteiger partial charge on any atom is -0.315 e. The summed E-state index contributed by atoms with van der Waals surface area (Å²) in [4.78, 5) is 23.2. The van der Waals surface area contributed by atoms with E-state index >= 15 is 0 Å². The minimum absolute atomic E-state index is 0.179. The molecule has 2 rings (SSSR count). The second-order valence-corrected chi connectivity index (χ2v) is 5.56. The van der Waals surface area contributed by atoms with E-state index in [1.165, 1.54) is 11.6 Å². The maximum Gasteiger partial charge on any atom is 0.267 e. The molecular formula is C16H15BrN2O3. The van der Waals surface area contributed by atoms with Crippen LogP contribution in [0.25, 0.3) is 6.08 Å². The average molecular weight is 363 g/mol. The number of aromatic nitrogens is 1. The molecule has 0 bridgehead atoms. The topological polar surface area (TPSA) is 71.3 Å². The van der Waals surface area contributed by atoms with Gasteiger partial charge in [0.2, 0.25) is 0 Å². The number of pyridine rings is 1. The second-order valence-electron chi connectivity index (χ2n) is 4.65. The molecular weight excluding hydrogens is 348 g/mol. The van der Waals surface area contributed by atoms with E-state index in [0.717, 1.165) is 22.5 Å². The molecule has 0 radical (unpaired) electrons. The van der Waals surface area contributed by atoms with Crippen molar-refractivity contribution < 1.29 is 10.0 Å². The quantitative estimate of drug-likeness (QED) is 0.487. The number of amides is 1. The number of rotatable bonds is 5. The molecule has 0 fully saturated rings. The zero-order valence-electron chi connectivity index (χ0n) is 11.7. The summed E-state index contributed by atoms with van der Waals surface area (Å²) < 4.78 is 2.61. The molecule has 2 N–H and O–H groups in total. The Balaban J connectivity index is 2.11. The summed E-state index contributed by atoms with van der Waals surface area (Å²) in [6.07, 6.45) is 4.93. The van der Waals surface area contributed by atoms with E-state index in [1.54, 1.807) is 22.9 Å². The molecule has 114 valence electrons. The van der Waals surface area contributed by atoms with E-state index in [1.807, 2.05) is 24.3 Å². The molecule has 0 aliphatic heterocycles. The number of hydrogen-bond acceptors (Lipinski definition) is 3. The fourth-order valence-electron chi connectivity index (χ4n) is 1.96. The lowest BCUT2D eigenvalue weighted by Gasteiger charge is -2.07. The van der Waals surface area contributed by atoms with Gasteiger partial charge in [0, 0.05) is 28.9 Å². The highest BCUT2D eigenvalue weighted by molar-refractivity contribution is 9.10. The maximum absolute atomic E-state index is 12.3. The first-order valence-corrected chi connectivity index (χ1v) is 7.45. The van der Waals surface area contributed by atoms with Crippen LogP contribution in [0.2, 0.25) is 0 Å². The number of benzene rings is 1. The van der Waals surface area contributed by atoms with Crippen molar-refractivity contribution in [2.45, 2.75) is 13.0 Å². The number of nitrogens with zero attached hydrogens (tertiary/aromatic N) is 1. The standard InChI is InChI=1S/C16H15BrN2O3/c17-14-6-3-12(4-7-14)9-11-19-10-1-2-13(16(19)21)5-8-15(20)18-22/h1-8,10,22H,9,11H2,(H,18,20)/b8-5+. The van der Waals surface area contributed by atoms with Crippen LogP contribution in [0.15, 0.2) is 57.9 Å². The van der Waals surface area contributed by atoms with Gasteiger partial charge in [-0.05, 0) is 42.3 Å². The molecule has 0 saturated carbocycles. The van der Waals surface area contributed by atoms with Crippen LogP contribution >= 0.6 is 15.9 Å². The molecule has 6 heteroatoms. The normalized spacial score (nSPS) is 10.8. The first kappa shape index (κ1) is 16.2. The molecule has 1 aromatic carbocycles. The molecule has 22 heavy (non-hydrogen) atoms. The number of carbonyl (C=O) groups excluding carboxylic acids is 1. The Bertz CT molecular complexity index is 736. The highest BCUT2D eigenvalue weighted by Crippen LogP contribution is 2.11. The monoisotopic (exact) mass is 362 g/mol. The van der Waals surface area contributed by atoms with Crippen molar-refractivity contribution in [1.29, 1.82) is 0 Å². The molecule has 0 aliphatic carbocycles. The van der Waals surface area contributed by atoms with Gasteiger partial charge in [0.15, 0.2) is 0 Å². The molecule has 0 unspecified atom stereocenters. The van der Waals surface area contributed by atoms with Gasteiger partial charge < -0.3 is 4.57 Å². The largest absolute Gasteiger partial charge is 0.315 e. The Morgan fingerprint density at radius 3 is 2.68 bits per heavy atom. The summed E-state index contributed by atoms with van der Waals surface area (Å²) in [7, 11) is 0. The van der Waals surface area contributed by atoms with Gasteiger partial charge in [0.05, 0.1) is 0 Å². The molecule has 5 nitrogen and oxygen atoms in total. The molecule has 1 amide bonds. The van der Waals surface area contributed by atoms with Crippen molar-refractivity contribution >= 4 is 27.9 Å². The van der Waals surface area contributed by atoms with Crippen molar-refractivity contribution in [3.05, 3.63) is 74.6 Å². The Kier molecular flexibility index (Phi) is 5.68. The Hall–Kier alpha value is -2.18. The number of carbonyl (C=O) groups is 1. The van der Waals surface area contributed by atoms with Gasteiger partial charge in [-0.15, -0.1) is 0 Å². The minimum atomic E-state index is -0.676. The number of nitrogens with one attached hydrogen (secondary N) is 1. The van der Waals surface area contributed by atoms with Crippen LogP contribution < -0.4 is 11.0 Å². The summed E-state index contributed by atoms with van der Waals surface area (Å²) in [6.45, 7) is 0.550. The SMILES string of the molecule is O=C(/C=C/c1cccn(CCc2ccc(Br)cc2)c1=O)NO. The molecule has 0 saturated heterocycles. The number of halogens is 1. The van der Waals surface area contributed by atoms with Crippen molar-refractivity contribution in [2.75, 3.05) is 0 Å². The lowest BCUT2D eigenvalue weighted by atomic mass is 10.1. The third kappa shape index (κ3) is 4.41. The van der Waals surface area contributed by atoms with Gasteiger partial charge >= 0.3 is 0 Å².